The van der Waals surface area contributed by atoms with Gasteiger partial charge in [-0.1, -0.05) is 35.9 Å². The van der Waals surface area contributed by atoms with E-state index in [1.165, 1.54) is 11.1 Å². The van der Waals surface area contributed by atoms with Crippen molar-refractivity contribution in [2.45, 2.75) is 19.9 Å². The van der Waals surface area contributed by atoms with Gasteiger partial charge in [0.15, 0.2) is 0 Å². The summed E-state index contributed by atoms with van der Waals surface area (Å²) in [4.78, 5) is 16.2. The predicted molar refractivity (Wildman–Crippen MR) is 93.2 cm³/mol. The molecule has 0 saturated carbocycles. The molecule has 6 heteroatoms. The molecule has 1 fully saturated rings. The van der Waals surface area contributed by atoms with Crippen LogP contribution in [0.5, 0.6) is 0 Å². The summed E-state index contributed by atoms with van der Waals surface area (Å²) in [6, 6.07) is 8.90. The Bertz CT molecular complexity index is 737. The lowest BCUT2D eigenvalue weighted by Crippen LogP contribution is -2.47. The van der Waals surface area contributed by atoms with Crippen LogP contribution in [0.25, 0.3) is 0 Å². The number of aryl methyl sites for hydroxylation is 1. The topological polar surface area (TPSA) is 52.2 Å². The van der Waals surface area contributed by atoms with Crippen molar-refractivity contribution < 1.29 is 0 Å². The summed E-state index contributed by atoms with van der Waals surface area (Å²) in [5.41, 5.74) is 3.08. The second kappa shape index (κ2) is 6.72. The molecule has 0 aliphatic carbocycles. The van der Waals surface area contributed by atoms with E-state index < -0.39 is 0 Å². The number of nitrogens with zero attached hydrogens (tertiary/aromatic N) is 3. The molecule has 122 valence electrons. The Morgan fingerprint density at radius 2 is 1.91 bits per heavy atom. The second-order valence-corrected chi connectivity index (χ2v) is 6.33. The van der Waals surface area contributed by atoms with Gasteiger partial charge < -0.3 is 4.90 Å². The molecule has 1 atom stereocenters. The number of nitrogens with one attached hydrogen (secondary N) is 1. The zero-order valence-corrected chi connectivity index (χ0v) is 14.2. The maximum Gasteiger partial charge on any atom is 0.285 e. The molecule has 2 aromatic rings. The quantitative estimate of drug-likeness (QED) is 0.938. The number of anilines is 1. The van der Waals surface area contributed by atoms with Crippen LogP contribution in [0.15, 0.2) is 35.3 Å². The molecule has 1 aliphatic heterocycles. The molecule has 5 nitrogen and oxygen atoms in total. The molecule has 2 heterocycles. The van der Waals surface area contributed by atoms with Gasteiger partial charge in [-0.3, -0.25) is 9.69 Å². The fraction of sp³-hybridized carbons (Fsp3) is 0.412. The summed E-state index contributed by atoms with van der Waals surface area (Å²) < 4.78 is 0. The molecule has 1 N–H and O–H groups in total. The third-order valence-electron chi connectivity index (χ3n) is 4.62. The molecule has 1 aliphatic rings. The number of aromatic amines is 1. The lowest BCUT2D eigenvalue weighted by atomic mass is 10.0. The highest BCUT2D eigenvalue weighted by atomic mass is 35.5. The van der Waals surface area contributed by atoms with Gasteiger partial charge in [0.25, 0.3) is 5.56 Å². The zero-order chi connectivity index (χ0) is 16.4. The fourth-order valence-electron chi connectivity index (χ4n) is 3.20. The van der Waals surface area contributed by atoms with Crippen LogP contribution in [-0.2, 0) is 0 Å². The molecule has 0 amide bonds. The highest BCUT2D eigenvalue weighted by Crippen LogP contribution is 2.27. The maximum absolute atomic E-state index is 11.6. The first kappa shape index (κ1) is 16.0. The van der Waals surface area contributed by atoms with Crippen molar-refractivity contribution in [2.24, 2.45) is 0 Å². The number of hydrogen-bond acceptors (Lipinski definition) is 4. The Morgan fingerprint density at radius 1 is 1.22 bits per heavy atom. The number of aromatic nitrogens is 2. The monoisotopic (exact) mass is 332 g/mol. The fourth-order valence-corrected chi connectivity index (χ4v) is 3.41. The van der Waals surface area contributed by atoms with Crippen LogP contribution in [0.4, 0.5) is 5.69 Å². The van der Waals surface area contributed by atoms with E-state index in [0.717, 1.165) is 31.9 Å². The summed E-state index contributed by atoms with van der Waals surface area (Å²) in [7, 11) is 0. The van der Waals surface area contributed by atoms with E-state index >= 15 is 0 Å². The standard InChI is InChI=1S/C17H21ClN4O/c1-12-5-3-4-6-14(12)13(2)21-7-9-22(10-8-21)15-11-19-20-17(23)16(15)18/h3-6,11,13H,7-10H2,1-2H3,(H,20,23)/t13-/m0/s1. The summed E-state index contributed by atoms with van der Waals surface area (Å²) >= 11 is 6.10. The predicted octanol–water partition coefficient (Wildman–Crippen LogP) is 2.61. The molecular weight excluding hydrogens is 312 g/mol. The Kier molecular flexibility index (Phi) is 4.68. The number of hydrogen-bond donors (Lipinski definition) is 1. The number of halogens is 1. The van der Waals surface area contributed by atoms with E-state index in [1.807, 2.05) is 0 Å². The lowest BCUT2D eigenvalue weighted by molar-refractivity contribution is 0.198. The van der Waals surface area contributed by atoms with Crippen LogP contribution in [-0.4, -0.2) is 41.3 Å². The minimum absolute atomic E-state index is 0.223. The molecule has 0 spiro atoms. The minimum atomic E-state index is -0.333. The van der Waals surface area contributed by atoms with Gasteiger partial charge in [-0.2, -0.15) is 5.10 Å². The molecule has 0 radical (unpaired) electrons. The first-order chi connectivity index (χ1) is 11.1. The summed E-state index contributed by atoms with van der Waals surface area (Å²) in [5.74, 6) is 0. The van der Waals surface area contributed by atoms with E-state index in [1.54, 1.807) is 6.20 Å². The van der Waals surface area contributed by atoms with E-state index in [4.69, 9.17) is 11.6 Å². The zero-order valence-electron chi connectivity index (χ0n) is 13.4. The largest absolute Gasteiger partial charge is 0.366 e. The van der Waals surface area contributed by atoms with Crippen LogP contribution in [0.2, 0.25) is 5.02 Å². The van der Waals surface area contributed by atoms with Crippen LogP contribution in [0.3, 0.4) is 0 Å². The number of H-pyrrole nitrogens is 1. The van der Waals surface area contributed by atoms with Crippen molar-refractivity contribution >= 4 is 17.3 Å². The smallest absolute Gasteiger partial charge is 0.285 e. The average molecular weight is 333 g/mol. The highest BCUT2D eigenvalue weighted by molar-refractivity contribution is 6.32. The number of rotatable bonds is 3. The van der Waals surface area contributed by atoms with Crippen molar-refractivity contribution in [2.75, 3.05) is 31.1 Å². The molecule has 23 heavy (non-hydrogen) atoms. The summed E-state index contributed by atoms with van der Waals surface area (Å²) in [5, 5.41) is 6.44. The van der Waals surface area contributed by atoms with Crippen molar-refractivity contribution in [3.8, 4) is 0 Å². The Balaban J connectivity index is 1.70. The van der Waals surface area contributed by atoms with Gasteiger partial charge in [0.1, 0.15) is 5.02 Å². The summed E-state index contributed by atoms with van der Waals surface area (Å²) in [6.07, 6.45) is 1.63. The van der Waals surface area contributed by atoms with E-state index in [0.29, 0.717) is 6.04 Å². The SMILES string of the molecule is Cc1ccccc1[C@H](C)N1CCN(c2cn[nH]c(=O)c2Cl)CC1. The molecule has 0 bridgehead atoms. The Hall–Kier alpha value is -1.85. The normalized spacial score (nSPS) is 17.3. The molecule has 1 aromatic carbocycles. The van der Waals surface area contributed by atoms with Gasteiger partial charge in [-0.15, -0.1) is 0 Å². The van der Waals surface area contributed by atoms with Crippen LogP contribution >= 0.6 is 11.6 Å². The number of benzene rings is 1. The van der Waals surface area contributed by atoms with Crippen molar-refractivity contribution in [3.05, 3.63) is 57.0 Å². The highest BCUT2D eigenvalue weighted by Gasteiger charge is 2.24. The van der Waals surface area contributed by atoms with Gasteiger partial charge in [0, 0.05) is 32.2 Å². The Labute approximate surface area is 140 Å². The molecule has 0 unspecified atom stereocenters. The first-order valence-electron chi connectivity index (χ1n) is 7.85. The van der Waals surface area contributed by atoms with Crippen LogP contribution in [0, 0.1) is 6.92 Å². The van der Waals surface area contributed by atoms with Crippen LogP contribution in [0.1, 0.15) is 24.1 Å². The molecule has 3 rings (SSSR count). The minimum Gasteiger partial charge on any atom is -0.366 e. The van der Waals surface area contributed by atoms with Crippen molar-refractivity contribution in [1.82, 2.24) is 15.1 Å². The molecule has 1 saturated heterocycles. The van der Waals surface area contributed by atoms with Gasteiger partial charge in [-0.25, -0.2) is 5.10 Å². The van der Waals surface area contributed by atoms with E-state index in [-0.39, 0.29) is 10.6 Å². The van der Waals surface area contributed by atoms with Crippen LogP contribution < -0.4 is 10.5 Å². The third kappa shape index (κ3) is 3.26. The van der Waals surface area contributed by atoms with Crippen molar-refractivity contribution in [3.63, 3.8) is 0 Å². The lowest BCUT2D eigenvalue weighted by Gasteiger charge is -2.39. The van der Waals surface area contributed by atoms with Gasteiger partial charge >= 0.3 is 0 Å². The van der Waals surface area contributed by atoms with Gasteiger partial charge in [0.2, 0.25) is 0 Å². The second-order valence-electron chi connectivity index (χ2n) is 5.95. The molecular formula is C17H21ClN4O. The van der Waals surface area contributed by atoms with Gasteiger partial charge in [0.05, 0.1) is 11.9 Å². The van der Waals surface area contributed by atoms with E-state index in [9.17, 15) is 4.79 Å². The Morgan fingerprint density at radius 3 is 2.61 bits per heavy atom. The molecule has 1 aromatic heterocycles. The average Bonchev–Trinajstić information content (AvgIpc) is 2.57. The van der Waals surface area contributed by atoms with E-state index in [2.05, 4.69) is 58.1 Å². The van der Waals surface area contributed by atoms with Crippen molar-refractivity contribution in [1.29, 1.82) is 0 Å². The summed E-state index contributed by atoms with van der Waals surface area (Å²) in [6.45, 7) is 7.93. The third-order valence-corrected chi connectivity index (χ3v) is 4.98. The first-order valence-corrected chi connectivity index (χ1v) is 8.23. The number of piperazine rings is 1. The van der Waals surface area contributed by atoms with Gasteiger partial charge in [-0.05, 0) is 25.0 Å². The maximum atomic E-state index is 11.6.